The van der Waals surface area contributed by atoms with Crippen LogP contribution in [0, 0.1) is 0 Å². The third kappa shape index (κ3) is 2.39. The van der Waals surface area contributed by atoms with Crippen LogP contribution < -0.4 is 10.6 Å². The predicted octanol–water partition coefficient (Wildman–Crippen LogP) is -0.452. The van der Waals surface area contributed by atoms with E-state index in [9.17, 15) is 4.79 Å². The maximum atomic E-state index is 11.9. The third-order valence-corrected chi connectivity index (χ3v) is 3.39. The Balaban J connectivity index is 1.54. The van der Waals surface area contributed by atoms with Gasteiger partial charge in [-0.3, -0.25) is 4.79 Å². The molecule has 0 saturated carbocycles. The maximum Gasteiger partial charge on any atom is 0.271 e. The predicted molar refractivity (Wildman–Crippen MR) is 65.5 cm³/mol. The average molecular weight is 250 g/mol. The van der Waals surface area contributed by atoms with Crippen LogP contribution in [0.1, 0.15) is 22.7 Å². The summed E-state index contributed by atoms with van der Waals surface area (Å²) in [7, 11) is 0. The van der Waals surface area contributed by atoms with E-state index in [1.807, 2.05) is 6.20 Å². The average Bonchev–Trinajstić information content (AvgIpc) is 2.98. The lowest BCUT2D eigenvalue weighted by Gasteiger charge is -2.23. The molecule has 1 amide bonds. The van der Waals surface area contributed by atoms with Crippen LogP contribution in [0.15, 0.2) is 6.20 Å². The quantitative estimate of drug-likeness (QED) is 0.762. The largest absolute Gasteiger partial charge is 0.374 e. The molecule has 0 radical (unpaired) electrons. The Bertz CT molecular complexity index is 416. The minimum absolute atomic E-state index is 0.0668. The van der Waals surface area contributed by atoms with E-state index < -0.39 is 0 Å². The number of carbonyl (C=O) groups excluding carboxylic acids is 1. The second-order valence-corrected chi connectivity index (χ2v) is 4.75. The molecule has 0 spiro atoms. The molecule has 1 saturated heterocycles. The first-order valence-corrected chi connectivity index (χ1v) is 6.49. The maximum absolute atomic E-state index is 11.9. The minimum atomic E-state index is -0.105. The van der Waals surface area contributed by atoms with Crippen molar-refractivity contribution >= 4 is 5.91 Å². The zero-order valence-electron chi connectivity index (χ0n) is 10.3. The molecule has 1 aromatic heterocycles. The van der Waals surface area contributed by atoms with Crippen LogP contribution in [-0.4, -0.2) is 47.8 Å². The van der Waals surface area contributed by atoms with Crippen LogP contribution in [0.25, 0.3) is 0 Å². The van der Waals surface area contributed by atoms with E-state index in [2.05, 4.69) is 20.2 Å². The first kappa shape index (κ1) is 11.7. The Kier molecular flexibility index (Phi) is 3.29. The molecule has 1 fully saturated rings. The summed E-state index contributed by atoms with van der Waals surface area (Å²) in [6.07, 6.45) is 4.02. The topological polar surface area (TPSA) is 68.2 Å². The van der Waals surface area contributed by atoms with Gasteiger partial charge in [0.2, 0.25) is 0 Å². The lowest BCUT2D eigenvalue weighted by atomic mass is 10.3. The van der Waals surface area contributed by atoms with Gasteiger partial charge < -0.3 is 19.9 Å². The van der Waals surface area contributed by atoms with Crippen LogP contribution in [0.3, 0.4) is 0 Å². The highest BCUT2D eigenvalue weighted by atomic mass is 16.5. The van der Waals surface area contributed by atoms with Crippen LogP contribution in [-0.2, 0) is 17.7 Å². The molecule has 0 aliphatic carbocycles. The van der Waals surface area contributed by atoms with Gasteiger partial charge in [-0.1, -0.05) is 0 Å². The fraction of sp³-hybridized carbons (Fsp3) is 0.667. The van der Waals surface area contributed by atoms with Crippen LogP contribution in [0.4, 0.5) is 0 Å². The van der Waals surface area contributed by atoms with Crippen LogP contribution in [0.2, 0.25) is 0 Å². The lowest BCUT2D eigenvalue weighted by molar-refractivity contribution is 0.0287. The molecule has 2 N–H and O–H groups in total. The van der Waals surface area contributed by atoms with Gasteiger partial charge in [-0.2, -0.15) is 0 Å². The summed E-state index contributed by atoms with van der Waals surface area (Å²) in [5.74, 6) is 0.918. The number of imidazole rings is 1. The standard InChI is InChI=1S/C12H18N4O2/c17-12(14-7-9-6-13-3-5-18-9)10-8-16-4-1-2-11(16)15-10/h8-9,13H,1-7H2,(H,14,17). The number of hydrogen-bond acceptors (Lipinski definition) is 4. The van der Waals surface area contributed by atoms with Crippen molar-refractivity contribution in [3.8, 4) is 0 Å². The Hall–Kier alpha value is -1.40. The third-order valence-electron chi connectivity index (χ3n) is 3.39. The monoisotopic (exact) mass is 250 g/mol. The van der Waals surface area contributed by atoms with Gasteiger partial charge in [0.15, 0.2) is 0 Å². The van der Waals surface area contributed by atoms with Crippen molar-refractivity contribution in [2.75, 3.05) is 26.2 Å². The van der Waals surface area contributed by atoms with Gasteiger partial charge >= 0.3 is 0 Å². The molecule has 0 bridgehead atoms. The number of carbonyl (C=O) groups is 1. The second kappa shape index (κ2) is 5.07. The van der Waals surface area contributed by atoms with Crippen molar-refractivity contribution in [1.29, 1.82) is 0 Å². The van der Waals surface area contributed by atoms with Crippen molar-refractivity contribution in [2.24, 2.45) is 0 Å². The van der Waals surface area contributed by atoms with Gasteiger partial charge in [-0.25, -0.2) is 4.98 Å². The second-order valence-electron chi connectivity index (χ2n) is 4.75. The number of fused-ring (bicyclic) bond motifs is 1. The molecule has 2 aliphatic heterocycles. The van der Waals surface area contributed by atoms with Gasteiger partial charge in [-0.05, 0) is 6.42 Å². The van der Waals surface area contributed by atoms with E-state index in [0.29, 0.717) is 18.8 Å². The lowest BCUT2D eigenvalue weighted by Crippen LogP contribution is -2.45. The van der Waals surface area contributed by atoms with Gasteiger partial charge in [-0.15, -0.1) is 0 Å². The van der Waals surface area contributed by atoms with Crippen molar-refractivity contribution < 1.29 is 9.53 Å². The zero-order chi connectivity index (χ0) is 12.4. The minimum Gasteiger partial charge on any atom is -0.374 e. The summed E-state index contributed by atoms with van der Waals surface area (Å²) >= 11 is 0. The summed E-state index contributed by atoms with van der Waals surface area (Å²) < 4.78 is 7.59. The van der Waals surface area contributed by atoms with E-state index in [1.54, 1.807) is 0 Å². The Morgan fingerprint density at radius 1 is 1.67 bits per heavy atom. The molecule has 1 unspecified atom stereocenters. The van der Waals surface area contributed by atoms with E-state index in [0.717, 1.165) is 38.3 Å². The molecule has 6 heteroatoms. The molecule has 1 aromatic rings. The molecule has 1 atom stereocenters. The van der Waals surface area contributed by atoms with E-state index >= 15 is 0 Å². The fourth-order valence-corrected chi connectivity index (χ4v) is 2.41. The highest BCUT2D eigenvalue weighted by molar-refractivity contribution is 5.92. The number of amides is 1. The van der Waals surface area contributed by atoms with Crippen molar-refractivity contribution in [2.45, 2.75) is 25.5 Å². The molecule has 6 nitrogen and oxygen atoms in total. The van der Waals surface area contributed by atoms with Crippen molar-refractivity contribution in [3.63, 3.8) is 0 Å². The van der Waals surface area contributed by atoms with Crippen molar-refractivity contribution in [1.82, 2.24) is 20.2 Å². The zero-order valence-corrected chi connectivity index (χ0v) is 10.3. The molecule has 2 aliphatic rings. The summed E-state index contributed by atoms with van der Waals surface area (Å²) in [6, 6.07) is 0. The number of aromatic nitrogens is 2. The Morgan fingerprint density at radius 2 is 2.61 bits per heavy atom. The molecule has 3 rings (SSSR count). The number of morpholine rings is 1. The van der Waals surface area contributed by atoms with Gasteiger partial charge in [0.1, 0.15) is 11.5 Å². The molecule has 0 aromatic carbocycles. The number of rotatable bonds is 3. The van der Waals surface area contributed by atoms with Crippen LogP contribution >= 0.6 is 0 Å². The molecular weight excluding hydrogens is 232 g/mol. The van der Waals surface area contributed by atoms with E-state index in [-0.39, 0.29) is 12.0 Å². The van der Waals surface area contributed by atoms with Gasteiger partial charge in [0.05, 0.1) is 12.7 Å². The number of nitrogens with one attached hydrogen (secondary N) is 2. The normalized spacial score (nSPS) is 22.8. The summed E-state index contributed by atoms with van der Waals surface area (Å²) in [4.78, 5) is 16.3. The molecular formula is C12H18N4O2. The number of nitrogens with zero attached hydrogens (tertiary/aromatic N) is 2. The Morgan fingerprint density at radius 3 is 3.39 bits per heavy atom. The first-order valence-electron chi connectivity index (χ1n) is 6.49. The van der Waals surface area contributed by atoms with Gasteiger partial charge in [0.25, 0.3) is 5.91 Å². The molecule has 3 heterocycles. The summed E-state index contributed by atoms with van der Waals surface area (Å²) in [5, 5.41) is 6.11. The van der Waals surface area contributed by atoms with Gasteiger partial charge in [0, 0.05) is 38.8 Å². The molecule has 18 heavy (non-hydrogen) atoms. The van der Waals surface area contributed by atoms with E-state index in [4.69, 9.17) is 4.74 Å². The summed E-state index contributed by atoms with van der Waals surface area (Å²) in [6.45, 7) is 3.90. The smallest absolute Gasteiger partial charge is 0.271 e. The highest BCUT2D eigenvalue weighted by Gasteiger charge is 2.19. The number of hydrogen-bond donors (Lipinski definition) is 2. The number of ether oxygens (including phenoxy) is 1. The first-order chi connectivity index (χ1) is 8.83. The van der Waals surface area contributed by atoms with Crippen molar-refractivity contribution in [3.05, 3.63) is 17.7 Å². The SMILES string of the molecule is O=C(NCC1CNCCO1)c1cn2c(n1)CCC2. The number of aryl methyl sites for hydroxylation is 2. The van der Waals surface area contributed by atoms with Crippen LogP contribution in [0.5, 0.6) is 0 Å². The fourth-order valence-electron chi connectivity index (χ4n) is 2.41. The highest BCUT2D eigenvalue weighted by Crippen LogP contribution is 2.14. The van der Waals surface area contributed by atoms with E-state index in [1.165, 1.54) is 0 Å². The molecule has 98 valence electrons. The summed E-state index contributed by atoms with van der Waals surface area (Å²) in [5.41, 5.74) is 0.522. The Labute approximate surface area is 106 Å².